The predicted octanol–water partition coefficient (Wildman–Crippen LogP) is 1.17. The van der Waals surface area contributed by atoms with Crippen LogP contribution in [0, 0.1) is 5.92 Å². The van der Waals surface area contributed by atoms with Gasteiger partial charge in [0.15, 0.2) is 0 Å². The monoisotopic (exact) mass is 250 g/mol. The van der Waals surface area contributed by atoms with Crippen LogP contribution in [0.3, 0.4) is 0 Å². The van der Waals surface area contributed by atoms with Gasteiger partial charge >= 0.3 is 0 Å². The smallest absolute Gasteiger partial charge is 0.271 e. The van der Waals surface area contributed by atoms with Crippen LogP contribution in [0.15, 0.2) is 6.07 Å². The third kappa shape index (κ3) is 3.10. The zero-order valence-electron chi connectivity index (χ0n) is 11.3. The second-order valence-electron chi connectivity index (χ2n) is 6.13. The molecule has 1 unspecified atom stereocenters. The zero-order chi connectivity index (χ0) is 13.3. The third-order valence-electron chi connectivity index (χ3n) is 3.34. The van der Waals surface area contributed by atoms with E-state index in [1.807, 2.05) is 0 Å². The molecule has 2 rings (SSSR count). The van der Waals surface area contributed by atoms with E-state index in [4.69, 9.17) is 5.73 Å². The molecule has 1 saturated carbocycles. The van der Waals surface area contributed by atoms with Gasteiger partial charge in [-0.1, -0.05) is 20.8 Å². The Morgan fingerprint density at radius 1 is 1.61 bits per heavy atom. The van der Waals surface area contributed by atoms with Gasteiger partial charge in [-0.25, -0.2) is 0 Å². The number of nitrogens with zero attached hydrogens (tertiary/aromatic N) is 1. The fraction of sp³-hybridized carbons (Fsp3) is 0.692. The van der Waals surface area contributed by atoms with Gasteiger partial charge in [0.25, 0.3) is 5.91 Å². The summed E-state index contributed by atoms with van der Waals surface area (Å²) in [6.07, 6.45) is 2.38. The van der Waals surface area contributed by atoms with Crippen LogP contribution in [0.25, 0.3) is 0 Å². The molecule has 1 aliphatic carbocycles. The summed E-state index contributed by atoms with van der Waals surface area (Å²) in [4.78, 5) is 11.9. The maximum absolute atomic E-state index is 11.9. The summed E-state index contributed by atoms with van der Waals surface area (Å²) in [5.74, 6) is 0.437. The molecule has 0 saturated heterocycles. The Labute approximate surface area is 108 Å². The van der Waals surface area contributed by atoms with Crippen molar-refractivity contribution in [3.05, 3.63) is 17.5 Å². The first-order chi connectivity index (χ1) is 8.38. The Balaban J connectivity index is 1.90. The summed E-state index contributed by atoms with van der Waals surface area (Å²) in [6, 6.07) is 1.88. The molecule has 5 nitrogen and oxygen atoms in total. The molecule has 0 bridgehead atoms. The lowest BCUT2D eigenvalue weighted by Crippen LogP contribution is -2.38. The molecule has 1 atom stereocenters. The molecule has 1 fully saturated rings. The van der Waals surface area contributed by atoms with Gasteiger partial charge < -0.3 is 11.1 Å². The highest BCUT2D eigenvalue weighted by Crippen LogP contribution is 2.31. The van der Waals surface area contributed by atoms with Gasteiger partial charge in [-0.05, 0) is 24.8 Å². The Kier molecular flexibility index (Phi) is 3.43. The lowest BCUT2D eigenvalue weighted by Gasteiger charge is -2.14. The number of aromatic nitrogens is 2. The second-order valence-corrected chi connectivity index (χ2v) is 6.13. The summed E-state index contributed by atoms with van der Waals surface area (Å²) in [7, 11) is 0. The van der Waals surface area contributed by atoms with E-state index in [0.29, 0.717) is 18.2 Å². The van der Waals surface area contributed by atoms with Crippen molar-refractivity contribution in [2.24, 2.45) is 11.7 Å². The number of aromatic amines is 1. The van der Waals surface area contributed by atoms with Crippen LogP contribution in [0.4, 0.5) is 0 Å². The standard InChI is InChI=1S/C13H22N4O/c1-13(2,3)11-6-10(16-17-11)12(18)15-7-9(14)8-4-5-8/h6,8-9H,4-5,7,14H2,1-3H3,(H,15,18)(H,16,17). The quantitative estimate of drug-likeness (QED) is 0.750. The van der Waals surface area contributed by atoms with Crippen molar-refractivity contribution in [3.63, 3.8) is 0 Å². The van der Waals surface area contributed by atoms with Crippen LogP contribution < -0.4 is 11.1 Å². The molecular weight excluding hydrogens is 228 g/mol. The summed E-state index contributed by atoms with van der Waals surface area (Å²) in [5, 5.41) is 9.79. The van der Waals surface area contributed by atoms with Crippen molar-refractivity contribution < 1.29 is 4.79 Å². The van der Waals surface area contributed by atoms with Gasteiger partial charge in [0.2, 0.25) is 0 Å². The van der Waals surface area contributed by atoms with Gasteiger partial charge in [0, 0.05) is 23.7 Å². The number of hydrogen-bond acceptors (Lipinski definition) is 3. The lowest BCUT2D eigenvalue weighted by molar-refractivity contribution is 0.0945. The number of rotatable bonds is 4. The minimum absolute atomic E-state index is 0.0318. The van der Waals surface area contributed by atoms with Crippen LogP contribution in [0.5, 0.6) is 0 Å². The van der Waals surface area contributed by atoms with Gasteiger partial charge in [0.05, 0.1) is 0 Å². The van der Waals surface area contributed by atoms with Crippen molar-refractivity contribution in [2.75, 3.05) is 6.54 Å². The predicted molar refractivity (Wildman–Crippen MR) is 70.3 cm³/mol. The van der Waals surface area contributed by atoms with Crippen LogP contribution in [-0.4, -0.2) is 28.7 Å². The number of H-pyrrole nitrogens is 1. The number of carbonyl (C=O) groups is 1. The molecule has 4 N–H and O–H groups in total. The van der Waals surface area contributed by atoms with Gasteiger partial charge in [-0.15, -0.1) is 0 Å². The average Bonchev–Trinajstić information content (AvgIpc) is 3.00. The van der Waals surface area contributed by atoms with Gasteiger partial charge in [0.1, 0.15) is 5.69 Å². The molecule has 1 amide bonds. The van der Waals surface area contributed by atoms with Crippen molar-refractivity contribution in [1.82, 2.24) is 15.5 Å². The minimum atomic E-state index is -0.155. The minimum Gasteiger partial charge on any atom is -0.349 e. The topological polar surface area (TPSA) is 83.8 Å². The van der Waals surface area contributed by atoms with E-state index >= 15 is 0 Å². The summed E-state index contributed by atoms with van der Waals surface area (Å²) in [6.45, 7) is 6.75. The van der Waals surface area contributed by atoms with E-state index in [2.05, 4.69) is 36.3 Å². The normalized spacial score (nSPS) is 17.6. The van der Waals surface area contributed by atoms with E-state index in [9.17, 15) is 4.79 Å². The molecule has 0 aliphatic heterocycles. The van der Waals surface area contributed by atoms with E-state index in [0.717, 1.165) is 5.69 Å². The molecule has 100 valence electrons. The number of hydrogen-bond donors (Lipinski definition) is 3. The van der Waals surface area contributed by atoms with Crippen molar-refractivity contribution in [2.45, 2.75) is 45.1 Å². The first-order valence-electron chi connectivity index (χ1n) is 6.47. The van der Waals surface area contributed by atoms with Crippen LogP contribution in [0.1, 0.15) is 49.8 Å². The van der Waals surface area contributed by atoms with Gasteiger partial charge in [-0.3, -0.25) is 9.89 Å². The first kappa shape index (κ1) is 13.1. The fourth-order valence-electron chi connectivity index (χ4n) is 1.81. The van der Waals surface area contributed by atoms with Crippen LogP contribution in [0.2, 0.25) is 0 Å². The van der Waals surface area contributed by atoms with E-state index in [-0.39, 0.29) is 17.4 Å². The summed E-state index contributed by atoms with van der Waals surface area (Å²) >= 11 is 0. The van der Waals surface area contributed by atoms with Crippen LogP contribution in [-0.2, 0) is 5.41 Å². The van der Waals surface area contributed by atoms with Crippen molar-refractivity contribution in [3.8, 4) is 0 Å². The van der Waals surface area contributed by atoms with Gasteiger partial charge in [-0.2, -0.15) is 5.10 Å². The molecule has 1 aromatic rings. The number of nitrogens with one attached hydrogen (secondary N) is 2. The highest BCUT2D eigenvalue weighted by atomic mass is 16.1. The zero-order valence-corrected chi connectivity index (χ0v) is 11.3. The van der Waals surface area contributed by atoms with Crippen molar-refractivity contribution in [1.29, 1.82) is 0 Å². The molecule has 1 aliphatic rings. The van der Waals surface area contributed by atoms with E-state index < -0.39 is 0 Å². The highest BCUT2D eigenvalue weighted by molar-refractivity contribution is 5.92. The summed E-state index contributed by atoms with van der Waals surface area (Å²) in [5.41, 5.74) is 7.30. The maximum atomic E-state index is 11.9. The maximum Gasteiger partial charge on any atom is 0.271 e. The number of carbonyl (C=O) groups excluding carboxylic acids is 1. The Morgan fingerprint density at radius 3 is 2.78 bits per heavy atom. The van der Waals surface area contributed by atoms with E-state index in [1.54, 1.807) is 6.07 Å². The van der Waals surface area contributed by atoms with Crippen molar-refractivity contribution >= 4 is 5.91 Å². The largest absolute Gasteiger partial charge is 0.349 e. The Hall–Kier alpha value is -1.36. The molecule has 1 aromatic heterocycles. The molecule has 5 heteroatoms. The molecule has 18 heavy (non-hydrogen) atoms. The fourth-order valence-corrected chi connectivity index (χ4v) is 1.81. The third-order valence-corrected chi connectivity index (χ3v) is 3.34. The number of nitrogens with two attached hydrogens (primary N) is 1. The second kappa shape index (κ2) is 4.72. The summed E-state index contributed by atoms with van der Waals surface area (Å²) < 4.78 is 0. The lowest BCUT2D eigenvalue weighted by atomic mass is 9.92. The van der Waals surface area contributed by atoms with E-state index in [1.165, 1.54) is 12.8 Å². The first-order valence-corrected chi connectivity index (χ1v) is 6.47. The average molecular weight is 250 g/mol. The molecule has 0 radical (unpaired) electrons. The molecule has 0 aromatic carbocycles. The SMILES string of the molecule is CC(C)(C)c1cc(C(=O)NCC(N)C2CC2)n[nH]1. The Morgan fingerprint density at radius 2 is 2.28 bits per heavy atom. The molecule has 0 spiro atoms. The molecule has 1 heterocycles. The highest BCUT2D eigenvalue weighted by Gasteiger charge is 2.28. The molecular formula is C13H22N4O. The Bertz CT molecular complexity index is 428. The number of amides is 1. The van der Waals surface area contributed by atoms with Crippen LogP contribution >= 0.6 is 0 Å².